The first-order valence-corrected chi connectivity index (χ1v) is 6.11. The van der Waals surface area contributed by atoms with Crippen LogP contribution in [-0.4, -0.2) is 20.3 Å². The van der Waals surface area contributed by atoms with Crippen LogP contribution < -0.4 is 15.2 Å². The molecule has 0 bridgehead atoms. The number of methoxy groups -OCH3 is 2. The van der Waals surface area contributed by atoms with Gasteiger partial charge < -0.3 is 15.2 Å². The lowest BCUT2D eigenvalue weighted by Crippen LogP contribution is -2.18. The molecule has 1 aromatic rings. The van der Waals surface area contributed by atoms with E-state index in [1.807, 2.05) is 19.1 Å². The molecule has 96 valence electrons. The minimum Gasteiger partial charge on any atom is -0.497 e. The van der Waals surface area contributed by atoms with Crippen molar-refractivity contribution in [3.8, 4) is 11.5 Å². The third-order valence-corrected chi connectivity index (χ3v) is 2.72. The lowest BCUT2D eigenvalue weighted by Gasteiger charge is -2.16. The van der Waals surface area contributed by atoms with Crippen molar-refractivity contribution in [1.29, 1.82) is 0 Å². The van der Waals surface area contributed by atoms with Gasteiger partial charge in [-0.25, -0.2) is 0 Å². The van der Waals surface area contributed by atoms with Crippen LogP contribution in [0.5, 0.6) is 11.5 Å². The van der Waals surface area contributed by atoms with E-state index in [1.165, 1.54) is 5.56 Å². The average Bonchev–Trinajstić information content (AvgIpc) is 2.28. The van der Waals surface area contributed by atoms with Crippen LogP contribution in [0.15, 0.2) is 12.1 Å². The van der Waals surface area contributed by atoms with E-state index in [0.29, 0.717) is 0 Å². The van der Waals surface area contributed by atoms with Crippen molar-refractivity contribution in [1.82, 2.24) is 0 Å². The van der Waals surface area contributed by atoms with Crippen molar-refractivity contribution in [3.05, 3.63) is 23.3 Å². The molecule has 1 unspecified atom stereocenters. The van der Waals surface area contributed by atoms with Crippen LogP contribution >= 0.6 is 0 Å². The van der Waals surface area contributed by atoms with Gasteiger partial charge in [0.15, 0.2) is 0 Å². The van der Waals surface area contributed by atoms with Gasteiger partial charge in [0.25, 0.3) is 0 Å². The fraction of sp³-hybridized carbons (Fsp3) is 0.571. The summed E-state index contributed by atoms with van der Waals surface area (Å²) in [6.07, 6.45) is 2.88. The molecule has 3 nitrogen and oxygen atoms in total. The van der Waals surface area contributed by atoms with E-state index in [2.05, 4.69) is 6.92 Å². The number of nitrogens with two attached hydrogens (primary N) is 1. The maximum absolute atomic E-state index is 5.87. The fourth-order valence-electron chi connectivity index (χ4n) is 2.06. The fourth-order valence-corrected chi connectivity index (χ4v) is 2.06. The van der Waals surface area contributed by atoms with Crippen LogP contribution in [-0.2, 0) is 12.8 Å². The van der Waals surface area contributed by atoms with E-state index in [0.717, 1.165) is 36.3 Å². The number of rotatable bonds is 6. The second-order valence-electron chi connectivity index (χ2n) is 4.41. The zero-order valence-electron chi connectivity index (χ0n) is 11.2. The van der Waals surface area contributed by atoms with Crippen molar-refractivity contribution < 1.29 is 9.47 Å². The Hall–Kier alpha value is -1.22. The largest absolute Gasteiger partial charge is 0.497 e. The number of ether oxygens (including phenoxy) is 2. The molecule has 1 rings (SSSR count). The minimum absolute atomic E-state index is 0.116. The van der Waals surface area contributed by atoms with E-state index >= 15 is 0 Å². The summed E-state index contributed by atoms with van der Waals surface area (Å²) in [6, 6.07) is 4.18. The molecule has 0 saturated carbocycles. The third kappa shape index (κ3) is 3.63. The van der Waals surface area contributed by atoms with E-state index < -0.39 is 0 Å². The molecule has 0 spiro atoms. The summed E-state index contributed by atoms with van der Waals surface area (Å²) in [5, 5.41) is 0. The smallest absolute Gasteiger partial charge is 0.125 e. The predicted molar refractivity (Wildman–Crippen MR) is 70.9 cm³/mol. The summed E-state index contributed by atoms with van der Waals surface area (Å²) in [6.45, 7) is 4.16. The molecule has 0 aliphatic carbocycles. The van der Waals surface area contributed by atoms with E-state index in [4.69, 9.17) is 15.2 Å². The van der Waals surface area contributed by atoms with Gasteiger partial charge in [-0.15, -0.1) is 0 Å². The highest BCUT2D eigenvalue weighted by Gasteiger charge is 2.12. The molecule has 0 heterocycles. The van der Waals surface area contributed by atoms with Gasteiger partial charge in [-0.1, -0.05) is 13.3 Å². The number of hydrogen-bond acceptors (Lipinski definition) is 3. The first-order valence-electron chi connectivity index (χ1n) is 6.11. The summed E-state index contributed by atoms with van der Waals surface area (Å²) < 4.78 is 10.8. The Morgan fingerprint density at radius 1 is 1.18 bits per heavy atom. The molecule has 1 atom stereocenters. The van der Waals surface area contributed by atoms with Crippen LogP contribution in [0.1, 0.15) is 31.4 Å². The van der Waals surface area contributed by atoms with Gasteiger partial charge in [0.2, 0.25) is 0 Å². The molecule has 1 aromatic carbocycles. The first-order chi connectivity index (χ1) is 8.12. The molecule has 0 aromatic heterocycles. The predicted octanol–water partition coefficient (Wildman–Crippen LogP) is 2.55. The van der Waals surface area contributed by atoms with Crippen LogP contribution in [0.2, 0.25) is 0 Å². The maximum Gasteiger partial charge on any atom is 0.125 e. The Morgan fingerprint density at radius 2 is 1.82 bits per heavy atom. The zero-order chi connectivity index (χ0) is 12.8. The highest BCUT2D eigenvalue weighted by molar-refractivity contribution is 5.47. The zero-order valence-corrected chi connectivity index (χ0v) is 11.2. The van der Waals surface area contributed by atoms with Gasteiger partial charge in [0.05, 0.1) is 14.2 Å². The molecule has 0 amide bonds. The molecule has 3 heteroatoms. The molecule has 17 heavy (non-hydrogen) atoms. The van der Waals surface area contributed by atoms with Gasteiger partial charge in [-0.2, -0.15) is 0 Å². The normalized spacial score (nSPS) is 12.3. The topological polar surface area (TPSA) is 44.5 Å². The molecule has 0 aliphatic heterocycles. The van der Waals surface area contributed by atoms with Crippen molar-refractivity contribution in [2.45, 2.75) is 39.2 Å². The highest BCUT2D eigenvalue weighted by atomic mass is 16.5. The molecule has 0 aliphatic rings. The second-order valence-corrected chi connectivity index (χ2v) is 4.41. The number of hydrogen-bond donors (Lipinski definition) is 1. The van der Waals surface area contributed by atoms with Crippen LogP contribution in [0, 0.1) is 0 Å². The molecular weight excluding hydrogens is 215 g/mol. The average molecular weight is 238 g/mol. The van der Waals surface area contributed by atoms with Crippen molar-refractivity contribution in [3.63, 3.8) is 0 Å². The van der Waals surface area contributed by atoms with E-state index in [-0.39, 0.29) is 6.04 Å². The molecule has 0 saturated heterocycles. The second kappa shape index (κ2) is 6.50. The van der Waals surface area contributed by atoms with Crippen LogP contribution in [0.4, 0.5) is 0 Å². The Labute approximate surface area is 104 Å². The Morgan fingerprint density at radius 3 is 2.29 bits per heavy atom. The third-order valence-electron chi connectivity index (χ3n) is 2.72. The lowest BCUT2D eigenvalue weighted by molar-refractivity contribution is 0.392. The van der Waals surface area contributed by atoms with Crippen LogP contribution in [0.25, 0.3) is 0 Å². The van der Waals surface area contributed by atoms with Gasteiger partial charge in [0.1, 0.15) is 11.5 Å². The quantitative estimate of drug-likeness (QED) is 0.828. The van der Waals surface area contributed by atoms with Crippen LogP contribution in [0.3, 0.4) is 0 Å². The lowest BCUT2D eigenvalue weighted by atomic mass is 10.0. The SMILES string of the molecule is CCCc1cc(OC)[13cH]c(CC(C)N)c1OC. The first kappa shape index (κ1) is 13.8. The standard InChI is InChI=1S/C14H23NO2/c1-5-6-11-8-13(16-3)9-12(7-10(2)15)14(11)17-4/h8-10H,5-7,15H2,1-4H3/i9+1. The number of aryl methyl sites for hydroxylation is 1. The minimum atomic E-state index is 0.116. The summed E-state index contributed by atoms with van der Waals surface area (Å²) >= 11 is 0. The summed E-state index contributed by atoms with van der Waals surface area (Å²) in [7, 11) is 3.40. The molecule has 2 N–H and O–H groups in total. The van der Waals surface area contributed by atoms with Crippen molar-refractivity contribution in [2.24, 2.45) is 5.73 Å². The Balaban J connectivity index is 3.18. The van der Waals surface area contributed by atoms with Gasteiger partial charge in [0, 0.05) is 6.04 Å². The Kier molecular flexibility index (Phi) is 5.29. The summed E-state index contributed by atoms with van der Waals surface area (Å²) in [5.41, 5.74) is 8.20. The van der Waals surface area contributed by atoms with Gasteiger partial charge >= 0.3 is 0 Å². The summed E-state index contributed by atoms with van der Waals surface area (Å²) in [4.78, 5) is 0. The maximum atomic E-state index is 5.87. The van der Waals surface area contributed by atoms with Crippen molar-refractivity contribution in [2.75, 3.05) is 14.2 Å². The van der Waals surface area contributed by atoms with E-state index in [9.17, 15) is 0 Å². The number of benzene rings is 1. The van der Waals surface area contributed by atoms with Crippen molar-refractivity contribution >= 4 is 0 Å². The molecule has 0 radical (unpaired) electrons. The van der Waals surface area contributed by atoms with Gasteiger partial charge in [-0.05, 0) is 43.0 Å². The van der Waals surface area contributed by atoms with Gasteiger partial charge in [-0.3, -0.25) is 0 Å². The molecular formula is C14H23NO2. The summed E-state index contributed by atoms with van der Waals surface area (Å²) in [5.74, 6) is 1.84. The molecule has 0 fully saturated rings. The monoisotopic (exact) mass is 238 g/mol. The Bertz CT molecular complexity index is 361. The van der Waals surface area contributed by atoms with E-state index in [1.54, 1.807) is 14.2 Å². The highest BCUT2D eigenvalue weighted by Crippen LogP contribution is 2.31.